The van der Waals surface area contributed by atoms with Crippen molar-refractivity contribution in [2.75, 3.05) is 6.54 Å². The van der Waals surface area contributed by atoms with E-state index < -0.39 is 95.6 Å². The van der Waals surface area contributed by atoms with Crippen LogP contribution in [-0.2, 0) is 24.0 Å². The highest BCUT2D eigenvalue weighted by molar-refractivity contribution is 6.38. The fourth-order valence-corrected chi connectivity index (χ4v) is 7.79. The summed E-state index contributed by atoms with van der Waals surface area (Å²) in [6.07, 6.45) is 8.73. The predicted octanol–water partition coefficient (Wildman–Crippen LogP) is 2.62. The van der Waals surface area contributed by atoms with Crippen LogP contribution in [0.15, 0.2) is 12.4 Å². The number of likely N-dealkylation sites (tertiary alicyclic amines) is 1. The lowest BCUT2D eigenvalue weighted by Gasteiger charge is -2.38. The number of halogens is 2. The Morgan fingerprint density at radius 3 is 2.30 bits per heavy atom. The van der Waals surface area contributed by atoms with Crippen molar-refractivity contribution in [1.29, 1.82) is 0 Å². The van der Waals surface area contributed by atoms with Gasteiger partial charge in [-0.1, -0.05) is 53.4 Å². The molecule has 4 aliphatic rings. The first-order chi connectivity index (χ1) is 23.6. The van der Waals surface area contributed by atoms with Crippen LogP contribution in [0.1, 0.15) is 109 Å². The van der Waals surface area contributed by atoms with E-state index in [0.29, 0.717) is 19.3 Å². The number of aromatic amines is 1. The van der Waals surface area contributed by atoms with Crippen LogP contribution < -0.4 is 21.3 Å². The monoisotopic (exact) mass is 703 g/mol. The van der Waals surface area contributed by atoms with Gasteiger partial charge in [0.2, 0.25) is 23.5 Å². The van der Waals surface area contributed by atoms with Crippen LogP contribution in [0.4, 0.5) is 8.78 Å². The zero-order valence-electron chi connectivity index (χ0n) is 29.4. The highest BCUT2D eigenvalue weighted by Crippen LogP contribution is 2.51. The average Bonchev–Trinajstić information content (AvgIpc) is 3.43. The van der Waals surface area contributed by atoms with Crippen LogP contribution in [0.3, 0.4) is 0 Å². The molecule has 0 radical (unpaired) electrons. The van der Waals surface area contributed by atoms with Crippen LogP contribution >= 0.6 is 0 Å². The SMILES string of the molecule is CCC[C@H](NC(=O)[C@@H]1[C@H]2CCC(F)(F)[C@H]2CN1C(=O)C(NC(=O)[C@@H](NC(=O)c1ncc[nH]1)C1CCCCC1)C(C)(C)C)C(=O)C(=O)NC1CC1. The van der Waals surface area contributed by atoms with Crippen molar-refractivity contribution < 1.29 is 37.5 Å². The summed E-state index contributed by atoms with van der Waals surface area (Å²) >= 11 is 0. The Morgan fingerprint density at radius 2 is 1.70 bits per heavy atom. The lowest BCUT2D eigenvalue weighted by molar-refractivity contribution is -0.146. The molecule has 0 bridgehead atoms. The molecule has 5 amide bonds. The van der Waals surface area contributed by atoms with Gasteiger partial charge in [-0.05, 0) is 55.8 Å². The molecule has 13 nitrogen and oxygen atoms in total. The van der Waals surface area contributed by atoms with E-state index in [0.717, 1.165) is 37.0 Å². The lowest BCUT2D eigenvalue weighted by Crippen LogP contribution is -2.62. The number of fused-ring (bicyclic) bond motifs is 1. The smallest absolute Gasteiger partial charge is 0.289 e. The molecule has 1 unspecified atom stereocenters. The Bertz CT molecular complexity index is 1440. The van der Waals surface area contributed by atoms with Crippen LogP contribution in [0.25, 0.3) is 0 Å². The number of H-pyrrole nitrogens is 1. The van der Waals surface area contributed by atoms with E-state index in [1.807, 2.05) is 0 Å². The van der Waals surface area contributed by atoms with E-state index in [9.17, 15) is 28.8 Å². The minimum absolute atomic E-state index is 0.0107. The second-order valence-corrected chi connectivity index (χ2v) is 15.6. The van der Waals surface area contributed by atoms with Gasteiger partial charge in [0.1, 0.15) is 18.1 Å². The van der Waals surface area contributed by atoms with E-state index in [-0.39, 0.29) is 30.6 Å². The number of hydrogen-bond acceptors (Lipinski definition) is 7. The minimum atomic E-state index is -3.12. The van der Waals surface area contributed by atoms with Crippen molar-refractivity contribution >= 4 is 35.3 Å². The fraction of sp³-hybridized carbons (Fsp3) is 0.743. The van der Waals surface area contributed by atoms with Gasteiger partial charge < -0.3 is 31.2 Å². The van der Waals surface area contributed by atoms with E-state index in [1.54, 1.807) is 27.7 Å². The van der Waals surface area contributed by atoms with E-state index in [2.05, 4.69) is 31.2 Å². The summed E-state index contributed by atoms with van der Waals surface area (Å²) in [5.74, 6) is -9.75. The van der Waals surface area contributed by atoms with Gasteiger partial charge in [0.05, 0.1) is 6.04 Å². The van der Waals surface area contributed by atoms with Crippen LogP contribution in [-0.4, -0.2) is 92.9 Å². The number of carbonyl (C=O) groups is 6. The summed E-state index contributed by atoms with van der Waals surface area (Å²) < 4.78 is 30.4. The fourth-order valence-electron chi connectivity index (χ4n) is 7.79. The summed E-state index contributed by atoms with van der Waals surface area (Å²) in [5, 5.41) is 10.9. The van der Waals surface area contributed by atoms with Gasteiger partial charge in [0, 0.05) is 37.3 Å². The van der Waals surface area contributed by atoms with Gasteiger partial charge in [0.25, 0.3) is 17.7 Å². The summed E-state index contributed by atoms with van der Waals surface area (Å²) in [6, 6.07) is -4.84. The molecule has 5 rings (SSSR count). The zero-order chi connectivity index (χ0) is 36.4. The molecule has 50 heavy (non-hydrogen) atoms. The zero-order valence-corrected chi connectivity index (χ0v) is 29.4. The third kappa shape index (κ3) is 8.34. The number of aromatic nitrogens is 2. The molecule has 1 aromatic heterocycles. The van der Waals surface area contributed by atoms with E-state index >= 15 is 8.78 Å². The Labute approximate surface area is 291 Å². The third-order valence-corrected chi connectivity index (χ3v) is 10.7. The van der Waals surface area contributed by atoms with Crippen LogP contribution in [0.5, 0.6) is 0 Å². The van der Waals surface area contributed by atoms with Crippen molar-refractivity contribution in [3.05, 3.63) is 18.2 Å². The molecule has 15 heteroatoms. The van der Waals surface area contributed by atoms with E-state index in [1.165, 1.54) is 12.4 Å². The molecular formula is C35H51F2N7O6. The number of hydrogen-bond donors (Lipinski definition) is 5. The quantitative estimate of drug-likeness (QED) is 0.196. The number of alkyl halides is 2. The summed E-state index contributed by atoms with van der Waals surface area (Å²) in [7, 11) is 0. The Hall–Kier alpha value is -3.91. The van der Waals surface area contributed by atoms with Crippen molar-refractivity contribution in [2.24, 2.45) is 23.2 Å². The van der Waals surface area contributed by atoms with Crippen LogP contribution in [0, 0.1) is 23.2 Å². The first-order valence-electron chi connectivity index (χ1n) is 18.1. The number of nitrogens with one attached hydrogen (secondary N) is 5. The molecule has 2 heterocycles. The number of Topliss-reactive ketones (excluding diaryl/α,β-unsaturated/α-hetero) is 1. The highest BCUT2D eigenvalue weighted by atomic mass is 19.3. The maximum absolute atomic E-state index is 15.2. The molecule has 3 saturated carbocycles. The van der Waals surface area contributed by atoms with Crippen LogP contribution in [0.2, 0.25) is 0 Å². The van der Waals surface area contributed by atoms with Gasteiger partial charge in [0.15, 0.2) is 5.82 Å². The average molecular weight is 704 g/mol. The summed E-state index contributed by atoms with van der Waals surface area (Å²) in [4.78, 5) is 89.2. The molecule has 0 aromatic carbocycles. The third-order valence-electron chi connectivity index (χ3n) is 10.7. The second kappa shape index (κ2) is 15.1. The van der Waals surface area contributed by atoms with Gasteiger partial charge in [-0.15, -0.1) is 0 Å². The molecule has 3 aliphatic carbocycles. The van der Waals surface area contributed by atoms with Crippen molar-refractivity contribution in [1.82, 2.24) is 36.1 Å². The number of nitrogens with zero attached hydrogens (tertiary/aromatic N) is 2. The van der Waals surface area contributed by atoms with Gasteiger partial charge in [-0.2, -0.15) is 0 Å². The Morgan fingerprint density at radius 1 is 1.00 bits per heavy atom. The normalized spacial score (nSPS) is 25.2. The summed E-state index contributed by atoms with van der Waals surface area (Å²) in [6.45, 7) is 6.55. The molecule has 5 N–H and O–H groups in total. The molecule has 276 valence electrons. The number of imidazole rings is 1. The summed E-state index contributed by atoms with van der Waals surface area (Å²) in [5.41, 5.74) is -0.933. The molecule has 1 aromatic rings. The number of carbonyl (C=O) groups excluding carboxylic acids is 6. The Balaban J connectivity index is 1.39. The van der Waals surface area contributed by atoms with E-state index in [4.69, 9.17) is 0 Å². The molecule has 6 atom stereocenters. The topological polar surface area (TPSA) is 182 Å². The molecule has 0 spiro atoms. The first-order valence-corrected chi connectivity index (χ1v) is 18.1. The maximum Gasteiger partial charge on any atom is 0.289 e. The molecule has 4 fully saturated rings. The first kappa shape index (κ1) is 37.3. The molecule has 1 aliphatic heterocycles. The molecular weight excluding hydrogens is 652 g/mol. The predicted molar refractivity (Wildman–Crippen MR) is 177 cm³/mol. The van der Waals surface area contributed by atoms with Gasteiger partial charge in [-0.25, -0.2) is 13.8 Å². The second-order valence-electron chi connectivity index (χ2n) is 15.6. The van der Waals surface area contributed by atoms with Crippen molar-refractivity contribution in [3.63, 3.8) is 0 Å². The number of rotatable bonds is 13. The number of amides is 5. The largest absolute Gasteiger partial charge is 0.347 e. The Kier molecular flexibility index (Phi) is 11.3. The number of ketones is 1. The van der Waals surface area contributed by atoms with Gasteiger partial charge in [-0.3, -0.25) is 28.8 Å². The van der Waals surface area contributed by atoms with Gasteiger partial charge >= 0.3 is 0 Å². The van der Waals surface area contributed by atoms with Crippen molar-refractivity contribution in [2.45, 2.75) is 134 Å². The molecule has 1 saturated heterocycles. The highest BCUT2D eigenvalue weighted by Gasteiger charge is 2.61. The maximum atomic E-state index is 15.2. The minimum Gasteiger partial charge on any atom is -0.347 e. The standard InChI is InChI=1S/C35H51F2N7O6/c1-5-9-23(26(45)31(48)40-20-12-13-20)41-30(47)25-21-14-15-35(36,37)22(21)18-44(25)33(50)27(34(2,3)4)43-29(46)24(19-10-7-6-8-11-19)42-32(49)28-38-16-17-39-28/h16-17,19-25,27H,5-15,18H2,1-4H3,(H,38,39)(H,40,48)(H,41,47)(H,42,49)(H,43,46)/t21-,22-,23-,24-,25-,27?/m0/s1. The lowest BCUT2D eigenvalue weighted by atomic mass is 9.82. The van der Waals surface area contributed by atoms with Crippen molar-refractivity contribution in [3.8, 4) is 0 Å².